The van der Waals surface area contributed by atoms with Gasteiger partial charge in [-0.2, -0.15) is 22.0 Å². The summed E-state index contributed by atoms with van der Waals surface area (Å²) in [6.07, 6.45) is 4.81. The molecule has 0 saturated carbocycles. The fourth-order valence-corrected chi connectivity index (χ4v) is 4.71. The number of nitrogens with zero attached hydrogens (tertiary/aromatic N) is 4. The molecule has 23 heavy (non-hydrogen) atoms. The summed E-state index contributed by atoms with van der Waals surface area (Å²) >= 11 is 0. The van der Waals surface area contributed by atoms with Gasteiger partial charge in [-0.3, -0.25) is 0 Å². The Balaban J connectivity index is 1.66. The van der Waals surface area contributed by atoms with Gasteiger partial charge < -0.3 is 9.47 Å². The molecule has 3 heterocycles. The molecule has 1 atom stereocenters. The van der Waals surface area contributed by atoms with Gasteiger partial charge in [0.2, 0.25) is 5.88 Å². The van der Waals surface area contributed by atoms with Crippen molar-refractivity contribution in [3.63, 3.8) is 0 Å². The molecule has 0 spiro atoms. The number of rotatable bonds is 5. The Hall–Kier alpha value is -1.45. The van der Waals surface area contributed by atoms with Gasteiger partial charge in [-0.05, 0) is 25.7 Å². The minimum atomic E-state index is -3.37. The van der Waals surface area contributed by atoms with Gasteiger partial charge in [0, 0.05) is 31.9 Å². The van der Waals surface area contributed by atoms with E-state index in [0.717, 1.165) is 25.7 Å². The van der Waals surface area contributed by atoms with Crippen LogP contribution in [-0.2, 0) is 10.2 Å². The van der Waals surface area contributed by atoms with E-state index < -0.39 is 10.2 Å². The highest BCUT2D eigenvalue weighted by atomic mass is 32.2. The lowest BCUT2D eigenvalue weighted by Gasteiger charge is -2.34. The van der Waals surface area contributed by atoms with E-state index in [4.69, 9.17) is 9.47 Å². The SMILES string of the molecule is COc1nccc(OC2CCCN(S(=O)(=O)N3CCCC3)C2)n1. The number of piperidine rings is 1. The predicted molar refractivity (Wildman–Crippen MR) is 83.5 cm³/mol. The maximum Gasteiger partial charge on any atom is 0.319 e. The summed E-state index contributed by atoms with van der Waals surface area (Å²) in [5.74, 6) is 0.405. The first-order valence-electron chi connectivity index (χ1n) is 7.88. The van der Waals surface area contributed by atoms with Crippen molar-refractivity contribution in [1.29, 1.82) is 0 Å². The van der Waals surface area contributed by atoms with E-state index in [2.05, 4.69) is 9.97 Å². The van der Waals surface area contributed by atoms with E-state index in [9.17, 15) is 8.42 Å². The molecule has 2 aliphatic rings. The minimum absolute atomic E-state index is 0.208. The Labute approximate surface area is 136 Å². The molecule has 128 valence electrons. The fraction of sp³-hybridized carbons (Fsp3) is 0.714. The van der Waals surface area contributed by atoms with E-state index in [1.54, 1.807) is 16.6 Å². The lowest BCUT2D eigenvalue weighted by Crippen LogP contribution is -2.49. The Morgan fingerprint density at radius 3 is 2.65 bits per heavy atom. The molecule has 0 aliphatic carbocycles. The fourth-order valence-electron chi connectivity index (χ4n) is 2.95. The van der Waals surface area contributed by atoms with Gasteiger partial charge in [-0.15, -0.1) is 0 Å². The highest BCUT2D eigenvalue weighted by Gasteiger charge is 2.35. The normalized spacial score (nSPS) is 23.8. The van der Waals surface area contributed by atoms with Gasteiger partial charge in [-0.25, -0.2) is 4.98 Å². The predicted octanol–water partition coefficient (Wildman–Crippen LogP) is 0.669. The summed E-state index contributed by atoms with van der Waals surface area (Å²) in [7, 11) is -1.88. The van der Waals surface area contributed by atoms with Crippen LogP contribution >= 0.6 is 0 Å². The van der Waals surface area contributed by atoms with Crippen molar-refractivity contribution >= 4 is 10.2 Å². The molecule has 8 nitrogen and oxygen atoms in total. The van der Waals surface area contributed by atoms with Gasteiger partial charge in [0.25, 0.3) is 10.2 Å². The number of aromatic nitrogens is 2. The second-order valence-electron chi connectivity index (χ2n) is 5.74. The molecule has 0 aromatic carbocycles. The van der Waals surface area contributed by atoms with Crippen LogP contribution in [0.25, 0.3) is 0 Å². The number of ether oxygens (including phenoxy) is 2. The summed E-state index contributed by atoms with van der Waals surface area (Å²) in [5.41, 5.74) is 0. The van der Waals surface area contributed by atoms with Crippen LogP contribution in [0.3, 0.4) is 0 Å². The molecule has 0 N–H and O–H groups in total. The average molecular weight is 342 g/mol. The van der Waals surface area contributed by atoms with Crippen molar-refractivity contribution in [2.45, 2.75) is 31.8 Å². The van der Waals surface area contributed by atoms with Gasteiger partial charge in [0.1, 0.15) is 6.10 Å². The lowest BCUT2D eigenvalue weighted by molar-refractivity contribution is 0.120. The van der Waals surface area contributed by atoms with Crippen LogP contribution in [0, 0.1) is 0 Å². The van der Waals surface area contributed by atoms with Crippen molar-refractivity contribution in [3.8, 4) is 11.9 Å². The van der Waals surface area contributed by atoms with Crippen molar-refractivity contribution in [3.05, 3.63) is 12.3 Å². The van der Waals surface area contributed by atoms with Crippen molar-refractivity contribution in [2.24, 2.45) is 0 Å². The number of hydrogen-bond acceptors (Lipinski definition) is 6. The molecule has 9 heteroatoms. The molecular weight excluding hydrogens is 320 g/mol. The molecule has 3 rings (SSSR count). The quantitative estimate of drug-likeness (QED) is 0.782. The van der Waals surface area contributed by atoms with Gasteiger partial charge in [0.05, 0.1) is 13.7 Å². The Bertz CT molecular complexity index is 633. The molecule has 2 fully saturated rings. The van der Waals surface area contributed by atoms with E-state index in [1.165, 1.54) is 11.4 Å². The summed E-state index contributed by atoms with van der Waals surface area (Å²) < 4.78 is 39.2. The average Bonchev–Trinajstić information content (AvgIpc) is 3.10. The maximum absolute atomic E-state index is 12.6. The second-order valence-corrected chi connectivity index (χ2v) is 7.66. The monoisotopic (exact) mass is 342 g/mol. The van der Waals surface area contributed by atoms with Crippen LogP contribution in [-0.4, -0.2) is 66.4 Å². The molecule has 2 aliphatic heterocycles. The second kappa shape index (κ2) is 6.98. The molecule has 2 saturated heterocycles. The zero-order valence-corrected chi connectivity index (χ0v) is 14.0. The molecule has 0 radical (unpaired) electrons. The van der Waals surface area contributed by atoms with Gasteiger partial charge in [-0.1, -0.05) is 0 Å². The third-order valence-corrected chi connectivity index (χ3v) is 6.14. The first kappa shape index (κ1) is 16.4. The Kier molecular flexibility index (Phi) is 4.98. The minimum Gasteiger partial charge on any atom is -0.473 e. The van der Waals surface area contributed by atoms with E-state index in [0.29, 0.717) is 32.1 Å². The standard InChI is InChI=1S/C14H22N4O4S/c1-21-14-15-7-6-13(16-14)22-12-5-4-10-18(11-12)23(19,20)17-8-2-3-9-17/h6-7,12H,2-5,8-11H2,1H3. The summed E-state index contributed by atoms with van der Waals surface area (Å²) in [6, 6.07) is 1.89. The zero-order chi connectivity index (χ0) is 16.3. The molecule has 0 bridgehead atoms. The summed E-state index contributed by atoms with van der Waals surface area (Å²) in [4.78, 5) is 8.05. The first-order chi connectivity index (χ1) is 11.1. The third-order valence-electron chi connectivity index (χ3n) is 4.14. The van der Waals surface area contributed by atoms with E-state index in [-0.39, 0.29) is 12.1 Å². The highest BCUT2D eigenvalue weighted by Crippen LogP contribution is 2.23. The van der Waals surface area contributed by atoms with E-state index in [1.807, 2.05) is 0 Å². The molecule has 1 unspecified atom stereocenters. The van der Waals surface area contributed by atoms with Crippen molar-refractivity contribution in [1.82, 2.24) is 18.6 Å². The van der Waals surface area contributed by atoms with E-state index >= 15 is 0 Å². The van der Waals surface area contributed by atoms with Crippen LogP contribution in [0.4, 0.5) is 0 Å². The van der Waals surface area contributed by atoms with Crippen LogP contribution in [0.5, 0.6) is 11.9 Å². The van der Waals surface area contributed by atoms with Crippen LogP contribution in [0.1, 0.15) is 25.7 Å². The smallest absolute Gasteiger partial charge is 0.319 e. The zero-order valence-electron chi connectivity index (χ0n) is 13.2. The third kappa shape index (κ3) is 3.73. The maximum atomic E-state index is 12.6. The first-order valence-corrected chi connectivity index (χ1v) is 9.28. The molecule has 0 amide bonds. The van der Waals surface area contributed by atoms with Crippen LogP contribution in [0.2, 0.25) is 0 Å². The van der Waals surface area contributed by atoms with Crippen molar-refractivity contribution in [2.75, 3.05) is 33.3 Å². The Morgan fingerprint density at radius 1 is 1.17 bits per heavy atom. The Morgan fingerprint density at radius 2 is 1.91 bits per heavy atom. The summed E-state index contributed by atoms with van der Waals surface area (Å²) in [5, 5.41) is 0. The van der Waals surface area contributed by atoms with Gasteiger partial charge >= 0.3 is 6.01 Å². The topological polar surface area (TPSA) is 84.9 Å². The molecular formula is C14H22N4O4S. The van der Waals surface area contributed by atoms with Crippen molar-refractivity contribution < 1.29 is 17.9 Å². The molecule has 1 aromatic heterocycles. The van der Waals surface area contributed by atoms with Crippen LogP contribution < -0.4 is 9.47 Å². The lowest BCUT2D eigenvalue weighted by atomic mass is 10.1. The highest BCUT2D eigenvalue weighted by molar-refractivity contribution is 7.86. The molecule has 1 aromatic rings. The van der Waals surface area contributed by atoms with Crippen LogP contribution in [0.15, 0.2) is 12.3 Å². The number of hydrogen-bond donors (Lipinski definition) is 0. The number of methoxy groups -OCH3 is 1. The largest absolute Gasteiger partial charge is 0.473 e. The van der Waals surface area contributed by atoms with Gasteiger partial charge in [0.15, 0.2) is 0 Å². The summed E-state index contributed by atoms with van der Waals surface area (Å²) in [6.45, 7) is 2.14.